The predicted molar refractivity (Wildman–Crippen MR) is 68.0 cm³/mol. The molecule has 0 radical (unpaired) electrons. The number of nitrogens with zero attached hydrogens (tertiary/aromatic N) is 2. The average Bonchev–Trinajstić information content (AvgIpc) is 2.26. The highest BCUT2D eigenvalue weighted by Gasteiger charge is 2.04. The number of hydrogen-bond donors (Lipinski definition) is 2. The number of hydrogen-bond acceptors (Lipinski definition) is 4. The molecule has 2 N–H and O–H groups in total. The number of nitrogens with one attached hydrogen (secondary N) is 1. The van der Waals surface area contributed by atoms with Gasteiger partial charge in [0.15, 0.2) is 0 Å². The van der Waals surface area contributed by atoms with Crippen molar-refractivity contribution in [3.05, 3.63) is 18.3 Å². The first-order chi connectivity index (χ1) is 7.63. The van der Waals surface area contributed by atoms with Crippen LogP contribution in [0, 0.1) is 0 Å². The molecule has 0 saturated carbocycles. The van der Waals surface area contributed by atoms with E-state index in [1.165, 1.54) is 0 Å². The molecule has 0 spiro atoms. The van der Waals surface area contributed by atoms with E-state index in [0.717, 1.165) is 31.0 Å². The van der Waals surface area contributed by atoms with Crippen molar-refractivity contribution >= 4 is 11.5 Å². The molecular formula is C12H21N3O. The molecule has 0 aliphatic heterocycles. The minimum Gasteiger partial charge on any atom is -0.393 e. The average molecular weight is 223 g/mol. The second kappa shape index (κ2) is 6.33. The molecule has 0 amide bonds. The van der Waals surface area contributed by atoms with Gasteiger partial charge in [-0.05, 0) is 26.3 Å². The number of anilines is 2. The van der Waals surface area contributed by atoms with Gasteiger partial charge in [0.2, 0.25) is 0 Å². The largest absolute Gasteiger partial charge is 0.393 e. The summed E-state index contributed by atoms with van der Waals surface area (Å²) in [7, 11) is 2.02. The zero-order valence-corrected chi connectivity index (χ0v) is 10.3. The summed E-state index contributed by atoms with van der Waals surface area (Å²) < 4.78 is 0. The van der Waals surface area contributed by atoms with Crippen LogP contribution in [0.15, 0.2) is 18.3 Å². The Morgan fingerprint density at radius 1 is 1.56 bits per heavy atom. The lowest BCUT2D eigenvalue weighted by Gasteiger charge is -2.20. The highest BCUT2D eigenvalue weighted by molar-refractivity contribution is 5.53. The standard InChI is InChI=1S/C12H21N3O/c1-4-13-12-9-11(5-7-14-12)15(3)8-6-10(2)16/h5,7,9-10,16H,4,6,8H2,1-3H3,(H,13,14). The van der Waals surface area contributed by atoms with E-state index in [-0.39, 0.29) is 6.10 Å². The van der Waals surface area contributed by atoms with Crippen LogP contribution < -0.4 is 10.2 Å². The van der Waals surface area contributed by atoms with Crippen LogP contribution in [0.2, 0.25) is 0 Å². The van der Waals surface area contributed by atoms with Crippen molar-refractivity contribution in [1.29, 1.82) is 0 Å². The fraction of sp³-hybridized carbons (Fsp3) is 0.583. The van der Waals surface area contributed by atoms with Crippen molar-refractivity contribution < 1.29 is 5.11 Å². The molecule has 0 saturated heterocycles. The minimum atomic E-state index is -0.252. The Hall–Kier alpha value is -1.29. The Labute approximate surface area is 97.3 Å². The van der Waals surface area contributed by atoms with Crippen molar-refractivity contribution in [2.45, 2.75) is 26.4 Å². The Bertz CT molecular complexity index is 315. The lowest BCUT2D eigenvalue weighted by molar-refractivity contribution is 0.187. The SMILES string of the molecule is CCNc1cc(N(C)CCC(C)O)ccn1. The fourth-order valence-corrected chi connectivity index (χ4v) is 1.44. The van der Waals surface area contributed by atoms with Crippen LogP contribution in [-0.2, 0) is 0 Å². The second-order valence-corrected chi connectivity index (χ2v) is 3.99. The Morgan fingerprint density at radius 2 is 2.31 bits per heavy atom. The Morgan fingerprint density at radius 3 is 2.94 bits per heavy atom. The van der Waals surface area contributed by atoms with E-state index < -0.39 is 0 Å². The van der Waals surface area contributed by atoms with Crippen LogP contribution in [0.4, 0.5) is 11.5 Å². The first-order valence-corrected chi connectivity index (χ1v) is 5.72. The van der Waals surface area contributed by atoms with Crippen molar-refractivity contribution in [3.8, 4) is 0 Å². The normalized spacial score (nSPS) is 12.2. The van der Waals surface area contributed by atoms with Crippen LogP contribution >= 0.6 is 0 Å². The summed E-state index contributed by atoms with van der Waals surface area (Å²) >= 11 is 0. The van der Waals surface area contributed by atoms with E-state index in [4.69, 9.17) is 0 Å². The summed E-state index contributed by atoms with van der Waals surface area (Å²) in [5.74, 6) is 0.892. The number of pyridine rings is 1. The maximum Gasteiger partial charge on any atom is 0.127 e. The zero-order valence-electron chi connectivity index (χ0n) is 10.3. The van der Waals surface area contributed by atoms with Gasteiger partial charge in [-0.15, -0.1) is 0 Å². The van der Waals surface area contributed by atoms with Crippen molar-refractivity contribution in [1.82, 2.24) is 4.98 Å². The summed E-state index contributed by atoms with van der Waals surface area (Å²) in [6, 6.07) is 3.99. The Kier molecular flexibility index (Phi) is 5.05. The number of rotatable bonds is 6. The van der Waals surface area contributed by atoms with Gasteiger partial charge in [-0.1, -0.05) is 0 Å². The molecule has 0 aliphatic rings. The van der Waals surface area contributed by atoms with E-state index in [0.29, 0.717) is 0 Å². The summed E-state index contributed by atoms with van der Waals surface area (Å²) in [5, 5.41) is 12.4. The zero-order chi connectivity index (χ0) is 12.0. The lowest BCUT2D eigenvalue weighted by atomic mass is 10.2. The van der Waals surface area contributed by atoms with Gasteiger partial charge in [0.1, 0.15) is 5.82 Å². The van der Waals surface area contributed by atoms with Gasteiger partial charge in [-0.3, -0.25) is 0 Å². The van der Waals surface area contributed by atoms with Gasteiger partial charge < -0.3 is 15.3 Å². The minimum absolute atomic E-state index is 0.252. The van der Waals surface area contributed by atoms with Gasteiger partial charge in [0.05, 0.1) is 6.10 Å². The fourth-order valence-electron chi connectivity index (χ4n) is 1.44. The third-order valence-corrected chi connectivity index (χ3v) is 2.42. The second-order valence-electron chi connectivity index (χ2n) is 3.99. The molecule has 0 bridgehead atoms. The van der Waals surface area contributed by atoms with Crippen LogP contribution in [0.3, 0.4) is 0 Å². The third kappa shape index (κ3) is 4.06. The monoisotopic (exact) mass is 223 g/mol. The van der Waals surface area contributed by atoms with Gasteiger partial charge in [-0.25, -0.2) is 4.98 Å². The van der Waals surface area contributed by atoms with Gasteiger partial charge >= 0.3 is 0 Å². The molecular weight excluding hydrogens is 202 g/mol. The van der Waals surface area contributed by atoms with Crippen LogP contribution in [0.5, 0.6) is 0 Å². The van der Waals surface area contributed by atoms with Crippen LogP contribution in [0.25, 0.3) is 0 Å². The molecule has 16 heavy (non-hydrogen) atoms. The number of aliphatic hydroxyl groups excluding tert-OH is 1. The third-order valence-electron chi connectivity index (χ3n) is 2.42. The molecule has 0 aliphatic carbocycles. The molecule has 0 fully saturated rings. The highest BCUT2D eigenvalue weighted by atomic mass is 16.3. The van der Waals surface area contributed by atoms with Gasteiger partial charge in [0.25, 0.3) is 0 Å². The molecule has 4 heteroatoms. The number of aliphatic hydroxyl groups is 1. The lowest BCUT2D eigenvalue weighted by Crippen LogP contribution is -2.21. The quantitative estimate of drug-likeness (QED) is 0.771. The van der Waals surface area contributed by atoms with Gasteiger partial charge in [-0.2, -0.15) is 0 Å². The molecule has 1 atom stereocenters. The molecule has 1 aromatic rings. The highest BCUT2D eigenvalue weighted by Crippen LogP contribution is 2.16. The molecule has 1 unspecified atom stereocenters. The van der Waals surface area contributed by atoms with Crippen LogP contribution in [0.1, 0.15) is 20.3 Å². The summed E-state index contributed by atoms with van der Waals surface area (Å²) in [6.07, 6.45) is 2.32. The van der Waals surface area contributed by atoms with E-state index in [1.54, 1.807) is 6.20 Å². The maximum atomic E-state index is 9.24. The first-order valence-electron chi connectivity index (χ1n) is 5.72. The van der Waals surface area contributed by atoms with Crippen molar-refractivity contribution in [3.63, 3.8) is 0 Å². The van der Waals surface area contributed by atoms with E-state index in [1.807, 2.05) is 33.0 Å². The molecule has 4 nitrogen and oxygen atoms in total. The summed E-state index contributed by atoms with van der Waals surface area (Å²) in [6.45, 7) is 5.57. The topological polar surface area (TPSA) is 48.4 Å². The van der Waals surface area contributed by atoms with Gasteiger partial charge in [0, 0.05) is 38.1 Å². The molecule has 0 aromatic carbocycles. The maximum absolute atomic E-state index is 9.24. The van der Waals surface area contributed by atoms with E-state index in [9.17, 15) is 5.11 Å². The van der Waals surface area contributed by atoms with Crippen molar-refractivity contribution in [2.24, 2.45) is 0 Å². The molecule has 1 heterocycles. The van der Waals surface area contributed by atoms with E-state index in [2.05, 4.69) is 15.2 Å². The predicted octanol–water partition coefficient (Wildman–Crippen LogP) is 1.72. The summed E-state index contributed by atoms with van der Waals surface area (Å²) in [4.78, 5) is 6.34. The number of aromatic nitrogens is 1. The molecule has 1 rings (SSSR count). The first kappa shape index (κ1) is 12.8. The smallest absolute Gasteiger partial charge is 0.127 e. The van der Waals surface area contributed by atoms with Crippen molar-refractivity contribution in [2.75, 3.05) is 30.4 Å². The Balaban J connectivity index is 2.60. The molecule has 1 aromatic heterocycles. The van der Waals surface area contributed by atoms with Crippen LogP contribution in [-0.4, -0.2) is 36.3 Å². The molecule has 90 valence electrons. The summed E-state index contributed by atoms with van der Waals surface area (Å²) in [5.41, 5.74) is 1.12. The van der Waals surface area contributed by atoms with E-state index >= 15 is 0 Å².